The zero-order valence-corrected chi connectivity index (χ0v) is 5.94. The predicted octanol–water partition coefficient (Wildman–Crippen LogP) is 1.63. The van der Waals surface area contributed by atoms with E-state index in [1.54, 1.807) is 6.21 Å². The molecule has 1 aromatic carbocycles. The predicted molar refractivity (Wildman–Crippen MR) is 45.0 cm³/mol. The second kappa shape index (κ2) is 2.58. The van der Waals surface area contributed by atoms with Crippen molar-refractivity contribution in [2.75, 3.05) is 0 Å². The minimum atomic E-state index is 0.936. The molecule has 0 bridgehead atoms. The third-order valence-corrected chi connectivity index (χ3v) is 1.53. The molecule has 2 heteroatoms. The van der Waals surface area contributed by atoms with Crippen molar-refractivity contribution in [2.24, 2.45) is 5.10 Å². The summed E-state index contributed by atoms with van der Waals surface area (Å²) in [6.07, 6.45) is 3.59. The molecule has 1 heterocycles. The van der Waals surface area contributed by atoms with Crippen LogP contribution in [0.3, 0.4) is 0 Å². The van der Waals surface area contributed by atoms with Crippen molar-refractivity contribution in [1.29, 1.82) is 0 Å². The van der Waals surface area contributed by atoms with Crippen molar-refractivity contribution in [3.63, 3.8) is 0 Å². The number of hydrogen-bond acceptors (Lipinski definition) is 1. The van der Waals surface area contributed by atoms with Gasteiger partial charge in [-0.05, 0) is 6.08 Å². The summed E-state index contributed by atoms with van der Waals surface area (Å²) in [6.45, 7) is 0. The molecule has 0 saturated carbocycles. The smallest absolute Gasteiger partial charge is 0.0945 e. The van der Waals surface area contributed by atoms with Crippen molar-refractivity contribution >= 4 is 11.9 Å². The molecule has 2 rings (SSSR count). The van der Waals surface area contributed by atoms with E-state index in [1.807, 2.05) is 36.4 Å². The van der Waals surface area contributed by atoms with Crippen LogP contribution in [-0.2, 0) is 0 Å². The molecule has 53 valence electrons. The Hall–Kier alpha value is -1.57. The zero-order chi connectivity index (χ0) is 7.52. The molecular weight excluding hydrogens is 136 g/mol. The van der Waals surface area contributed by atoms with Gasteiger partial charge in [0.1, 0.15) is 0 Å². The Bertz CT molecular complexity index is 299. The molecule has 0 aliphatic carbocycles. The Labute approximate surface area is 65.2 Å². The number of nitrogens with zero attached hydrogens (tertiary/aromatic N) is 2. The highest BCUT2D eigenvalue weighted by molar-refractivity contribution is 5.87. The first kappa shape index (κ1) is 6.16. The Morgan fingerprint density at radius 3 is 2.45 bits per heavy atom. The average Bonchev–Trinajstić information content (AvgIpc) is 2.58. The van der Waals surface area contributed by atoms with Crippen molar-refractivity contribution in [1.82, 2.24) is 5.43 Å². The lowest BCUT2D eigenvalue weighted by atomic mass is 10.2. The summed E-state index contributed by atoms with van der Waals surface area (Å²) >= 11 is 0. The molecule has 0 unspecified atom stereocenters. The first-order chi connectivity index (χ1) is 5.47. The van der Waals surface area contributed by atoms with Crippen LogP contribution in [0.1, 0.15) is 5.56 Å². The molecule has 1 aromatic rings. The number of rotatable bonds is 1. The molecule has 0 fully saturated rings. The summed E-state index contributed by atoms with van der Waals surface area (Å²) < 4.78 is 0. The molecule has 0 spiro atoms. The Morgan fingerprint density at radius 1 is 1.00 bits per heavy atom. The van der Waals surface area contributed by atoms with Crippen LogP contribution in [0.5, 0.6) is 0 Å². The van der Waals surface area contributed by atoms with Gasteiger partial charge in [0.15, 0.2) is 0 Å². The Balaban J connectivity index is 2.31. The van der Waals surface area contributed by atoms with Crippen molar-refractivity contribution in [3.05, 3.63) is 42.0 Å². The highest BCUT2D eigenvalue weighted by atomic mass is 15.3. The van der Waals surface area contributed by atoms with E-state index < -0.39 is 0 Å². The third kappa shape index (κ3) is 1.15. The van der Waals surface area contributed by atoms with Crippen LogP contribution >= 0.6 is 0 Å². The van der Waals surface area contributed by atoms with Crippen molar-refractivity contribution in [2.45, 2.75) is 0 Å². The largest absolute Gasteiger partial charge is 0.158 e. The number of allylic oxidation sites excluding steroid dienone is 1. The molecule has 0 amide bonds. The van der Waals surface area contributed by atoms with Crippen LogP contribution < -0.4 is 5.43 Å². The van der Waals surface area contributed by atoms with Crippen LogP contribution in [0.2, 0.25) is 0 Å². The molecular formula is C9H7N2. The normalized spacial score (nSPS) is 14.4. The van der Waals surface area contributed by atoms with E-state index in [2.05, 4.69) is 10.5 Å². The molecule has 2 nitrogen and oxygen atoms in total. The highest BCUT2D eigenvalue weighted by Crippen LogP contribution is 2.13. The fourth-order valence-electron chi connectivity index (χ4n) is 0.996. The van der Waals surface area contributed by atoms with E-state index in [0.29, 0.717) is 0 Å². The SMILES string of the molecule is C1=N[N]C(c2ccccc2)=C1. The lowest BCUT2D eigenvalue weighted by Gasteiger charge is -1.97. The summed E-state index contributed by atoms with van der Waals surface area (Å²) in [4.78, 5) is 0. The quantitative estimate of drug-likeness (QED) is 0.571. The number of hydrogen-bond donors (Lipinski definition) is 0. The Kier molecular flexibility index (Phi) is 1.44. The van der Waals surface area contributed by atoms with Gasteiger partial charge < -0.3 is 0 Å². The first-order valence-electron chi connectivity index (χ1n) is 3.46. The highest BCUT2D eigenvalue weighted by Gasteiger charge is 2.02. The summed E-state index contributed by atoms with van der Waals surface area (Å²) in [5, 5.41) is 3.75. The average molecular weight is 143 g/mol. The van der Waals surface area contributed by atoms with E-state index in [0.717, 1.165) is 11.3 Å². The Morgan fingerprint density at radius 2 is 1.82 bits per heavy atom. The van der Waals surface area contributed by atoms with Crippen molar-refractivity contribution < 1.29 is 0 Å². The van der Waals surface area contributed by atoms with E-state index in [1.165, 1.54) is 0 Å². The molecule has 0 aromatic heterocycles. The van der Waals surface area contributed by atoms with Crippen LogP contribution in [0.25, 0.3) is 5.70 Å². The van der Waals surface area contributed by atoms with Gasteiger partial charge in [-0.1, -0.05) is 30.3 Å². The van der Waals surface area contributed by atoms with Gasteiger partial charge in [-0.3, -0.25) is 0 Å². The summed E-state index contributed by atoms with van der Waals surface area (Å²) in [5.41, 5.74) is 5.99. The van der Waals surface area contributed by atoms with Gasteiger partial charge in [0.05, 0.1) is 11.9 Å². The molecule has 0 atom stereocenters. The van der Waals surface area contributed by atoms with E-state index >= 15 is 0 Å². The maximum Gasteiger partial charge on any atom is 0.0945 e. The van der Waals surface area contributed by atoms with E-state index in [4.69, 9.17) is 0 Å². The van der Waals surface area contributed by atoms with Crippen LogP contribution in [0, 0.1) is 0 Å². The van der Waals surface area contributed by atoms with Gasteiger partial charge in [-0.15, -0.1) is 0 Å². The summed E-state index contributed by atoms with van der Waals surface area (Å²) in [7, 11) is 0. The van der Waals surface area contributed by atoms with E-state index in [-0.39, 0.29) is 0 Å². The van der Waals surface area contributed by atoms with Gasteiger partial charge in [-0.25, -0.2) is 0 Å². The van der Waals surface area contributed by atoms with Crippen LogP contribution in [-0.4, -0.2) is 6.21 Å². The van der Waals surface area contributed by atoms with Crippen LogP contribution in [0.15, 0.2) is 41.5 Å². The third-order valence-electron chi connectivity index (χ3n) is 1.53. The summed E-state index contributed by atoms with van der Waals surface area (Å²) in [5.74, 6) is 0. The minimum absolute atomic E-state index is 0.936. The fourth-order valence-corrected chi connectivity index (χ4v) is 0.996. The molecule has 0 N–H and O–H groups in total. The van der Waals surface area contributed by atoms with Gasteiger partial charge in [0.2, 0.25) is 0 Å². The zero-order valence-electron chi connectivity index (χ0n) is 5.94. The monoisotopic (exact) mass is 143 g/mol. The lowest BCUT2D eigenvalue weighted by molar-refractivity contribution is 0.999. The van der Waals surface area contributed by atoms with E-state index in [9.17, 15) is 0 Å². The van der Waals surface area contributed by atoms with Gasteiger partial charge >= 0.3 is 0 Å². The number of benzene rings is 1. The van der Waals surface area contributed by atoms with Gasteiger partial charge in [-0.2, -0.15) is 10.5 Å². The molecule has 11 heavy (non-hydrogen) atoms. The lowest BCUT2D eigenvalue weighted by Crippen LogP contribution is -1.89. The standard InChI is InChI=1S/C9H7N2/c1-2-4-8(5-3-1)9-6-7-10-11-9/h1-7H. The topological polar surface area (TPSA) is 26.5 Å². The summed E-state index contributed by atoms with van der Waals surface area (Å²) in [6, 6.07) is 10.0. The molecule has 1 aliphatic rings. The van der Waals surface area contributed by atoms with Gasteiger partial charge in [0.25, 0.3) is 0 Å². The molecule has 1 radical (unpaired) electrons. The minimum Gasteiger partial charge on any atom is -0.158 e. The fraction of sp³-hybridized carbons (Fsp3) is 0. The van der Waals surface area contributed by atoms with Crippen molar-refractivity contribution in [3.8, 4) is 0 Å². The second-order valence-electron chi connectivity index (χ2n) is 2.28. The maximum atomic E-state index is 3.94. The maximum absolute atomic E-state index is 3.94. The molecule has 1 aliphatic heterocycles. The first-order valence-corrected chi connectivity index (χ1v) is 3.46. The molecule has 0 saturated heterocycles. The van der Waals surface area contributed by atoms with Crippen LogP contribution in [0.4, 0.5) is 0 Å². The van der Waals surface area contributed by atoms with Gasteiger partial charge in [0, 0.05) is 5.56 Å². The second-order valence-corrected chi connectivity index (χ2v) is 2.28.